The number of fused-ring (bicyclic) bond motifs is 1. The second-order valence-electron chi connectivity index (χ2n) is 3.57. The lowest BCUT2D eigenvalue weighted by molar-refractivity contribution is 0.601. The molecule has 1 aromatic carbocycles. The molecule has 0 saturated heterocycles. The van der Waals surface area contributed by atoms with E-state index in [1.54, 1.807) is 18.2 Å². The van der Waals surface area contributed by atoms with Gasteiger partial charge in [-0.25, -0.2) is 8.42 Å². The first-order valence-electron chi connectivity index (χ1n) is 4.64. The van der Waals surface area contributed by atoms with Gasteiger partial charge in [0, 0.05) is 22.6 Å². The van der Waals surface area contributed by atoms with Crippen LogP contribution in [0.15, 0.2) is 28.0 Å². The van der Waals surface area contributed by atoms with E-state index in [1.807, 2.05) is 0 Å². The van der Waals surface area contributed by atoms with Gasteiger partial charge in [0.1, 0.15) is 6.04 Å². The molecule has 1 unspecified atom stereocenters. The van der Waals surface area contributed by atoms with Crippen LogP contribution >= 0.6 is 11.8 Å². The van der Waals surface area contributed by atoms with Crippen molar-refractivity contribution in [3.63, 3.8) is 0 Å². The summed E-state index contributed by atoms with van der Waals surface area (Å²) in [4.78, 5) is 1.20. The summed E-state index contributed by atoms with van der Waals surface area (Å²) in [6.45, 7) is 0. The highest BCUT2D eigenvalue weighted by atomic mass is 32.2. The first-order chi connectivity index (χ1) is 7.50. The third kappa shape index (κ3) is 2.15. The Hall–Kier alpha value is -1.19. The Labute approximate surface area is 98.6 Å². The number of nitrogens with one attached hydrogen (secondary N) is 1. The Balaban J connectivity index is 2.40. The molecule has 0 spiro atoms. The Morgan fingerprint density at radius 3 is 2.94 bits per heavy atom. The molecule has 0 bridgehead atoms. The molecule has 1 aliphatic rings. The molecule has 0 amide bonds. The summed E-state index contributed by atoms with van der Waals surface area (Å²) in [7, 11) is -3.16. The standard InChI is InChI=1S/C10H10N2O2S2/c1-16(13,14)8-2-3-9-10(4-8)15-6-7(5-11)12-9/h2-4,7,12H,6H2,1H3. The molecule has 1 aromatic rings. The number of thioether (sulfide) groups is 1. The van der Waals surface area contributed by atoms with Gasteiger partial charge in [-0.2, -0.15) is 5.26 Å². The van der Waals surface area contributed by atoms with Crippen LogP contribution < -0.4 is 5.32 Å². The number of sulfone groups is 1. The number of hydrogen-bond acceptors (Lipinski definition) is 5. The lowest BCUT2D eigenvalue weighted by atomic mass is 10.2. The molecule has 1 N–H and O–H groups in total. The van der Waals surface area contributed by atoms with Crippen LogP contribution in [-0.4, -0.2) is 26.5 Å². The Bertz CT molecular complexity index is 561. The maximum Gasteiger partial charge on any atom is 0.175 e. The van der Waals surface area contributed by atoms with E-state index in [0.717, 1.165) is 10.6 Å². The van der Waals surface area contributed by atoms with Crippen LogP contribution in [0, 0.1) is 11.3 Å². The molecular formula is C10H10N2O2S2. The van der Waals surface area contributed by atoms with E-state index in [9.17, 15) is 8.42 Å². The molecule has 0 aromatic heterocycles. The second-order valence-corrected chi connectivity index (χ2v) is 6.64. The van der Waals surface area contributed by atoms with E-state index in [4.69, 9.17) is 5.26 Å². The van der Waals surface area contributed by atoms with Gasteiger partial charge in [0.25, 0.3) is 0 Å². The molecule has 0 saturated carbocycles. The number of hydrogen-bond donors (Lipinski definition) is 1. The topological polar surface area (TPSA) is 70.0 Å². The SMILES string of the molecule is CS(=O)(=O)c1ccc2c(c1)SCC(C#N)N2. The van der Waals surface area contributed by atoms with Gasteiger partial charge >= 0.3 is 0 Å². The number of nitriles is 1. The maximum absolute atomic E-state index is 11.4. The van der Waals surface area contributed by atoms with Crippen LogP contribution in [0.4, 0.5) is 5.69 Å². The second kappa shape index (κ2) is 4.00. The first kappa shape index (κ1) is 11.3. The van der Waals surface area contributed by atoms with Crippen molar-refractivity contribution in [2.24, 2.45) is 0 Å². The van der Waals surface area contributed by atoms with Crippen LogP contribution in [0.5, 0.6) is 0 Å². The van der Waals surface area contributed by atoms with Crippen molar-refractivity contribution in [2.45, 2.75) is 15.8 Å². The first-order valence-corrected chi connectivity index (χ1v) is 7.51. The van der Waals surface area contributed by atoms with Gasteiger partial charge in [-0.3, -0.25) is 0 Å². The Morgan fingerprint density at radius 1 is 1.56 bits per heavy atom. The van der Waals surface area contributed by atoms with Gasteiger partial charge in [0.15, 0.2) is 9.84 Å². The van der Waals surface area contributed by atoms with Crippen LogP contribution in [0.25, 0.3) is 0 Å². The Morgan fingerprint density at radius 2 is 2.31 bits per heavy atom. The summed E-state index contributed by atoms with van der Waals surface area (Å²) >= 11 is 1.50. The molecule has 16 heavy (non-hydrogen) atoms. The molecule has 84 valence electrons. The average molecular weight is 254 g/mol. The fourth-order valence-corrected chi connectivity index (χ4v) is 3.16. The zero-order chi connectivity index (χ0) is 11.8. The molecule has 1 heterocycles. The summed E-state index contributed by atoms with van der Waals surface area (Å²) in [5, 5.41) is 11.8. The van der Waals surface area contributed by atoms with E-state index in [-0.39, 0.29) is 6.04 Å². The third-order valence-electron chi connectivity index (χ3n) is 2.27. The predicted octanol–water partition coefficient (Wildman–Crippen LogP) is 1.50. The van der Waals surface area contributed by atoms with E-state index < -0.39 is 9.84 Å². The molecule has 1 aliphatic heterocycles. The van der Waals surface area contributed by atoms with Crippen molar-refractivity contribution in [2.75, 3.05) is 17.3 Å². The van der Waals surface area contributed by atoms with Crippen molar-refractivity contribution in [1.82, 2.24) is 0 Å². The number of nitrogens with zero attached hydrogens (tertiary/aromatic N) is 1. The highest BCUT2D eigenvalue weighted by molar-refractivity contribution is 7.99. The fourth-order valence-electron chi connectivity index (χ4n) is 1.44. The number of anilines is 1. The van der Waals surface area contributed by atoms with Crippen molar-refractivity contribution < 1.29 is 8.42 Å². The smallest absolute Gasteiger partial charge is 0.175 e. The largest absolute Gasteiger partial charge is 0.368 e. The van der Waals surface area contributed by atoms with Crippen LogP contribution in [0.2, 0.25) is 0 Å². The summed E-state index contributed by atoms with van der Waals surface area (Å²) in [5.74, 6) is 0.636. The normalized spacial score (nSPS) is 19.4. The van der Waals surface area contributed by atoms with Crippen molar-refractivity contribution in [3.05, 3.63) is 18.2 Å². The lowest BCUT2D eigenvalue weighted by Gasteiger charge is -2.21. The van der Waals surface area contributed by atoms with E-state index in [2.05, 4.69) is 11.4 Å². The minimum absolute atomic E-state index is 0.207. The van der Waals surface area contributed by atoms with Gasteiger partial charge in [-0.15, -0.1) is 11.8 Å². The van der Waals surface area contributed by atoms with Crippen LogP contribution in [-0.2, 0) is 9.84 Å². The highest BCUT2D eigenvalue weighted by Gasteiger charge is 2.19. The zero-order valence-electron chi connectivity index (χ0n) is 8.60. The zero-order valence-corrected chi connectivity index (χ0v) is 10.2. The van der Waals surface area contributed by atoms with Crippen LogP contribution in [0.3, 0.4) is 0 Å². The molecule has 1 atom stereocenters. The molecule has 6 heteroatoms. The predicted molar refractivity (Wildman–Crippen MR) is 63.3 cm³/mol. The summed E-state index contributed by atoms with van der Waals surface area (Å²) in [6, 6.07) is 6.85. The van der Waals surface area contributed by atoms with Gasteiger partial charge in [0.05, 0.1) is 11.0 Å². The van der Waals surface area contributed by atoms with Gasteiger partial charge in [-0.1, -0.05) is 0 Å². The summed E-state index contributed by atoms with van der Waals surface area (Å²) < 4.78 is 22.7. The molecule has 0 fully saturated rings. The van der Waals surface area contributed by atoms with E-state index >= 15 is 0 Å². The maximum atomic E-state index is 11.4. The highest BCUT2D eigenvalue weighted by Crippen LogP contribution is 2.34. The third-order valence-corrected chi connectivity index (χ3v) is 4.53. The molecular weight excluding hydrogens is 244 g/mol. The van der Waals surface area contributed by atoms with E-state index in [1.165, 1.54) is 18.0 Å². The van der Waals surface area contributed by atoms with Crippen molar-refractivity contribution >= 4 is 27.3 Å². The van der Waals surface area contributed by atoms with Crippen molar-refractivity contribution in [1.29, 1.82) is 5.26 Å². The molecule has 0 aliphatic carbocycles. The van der Waals surface area contributed by atoms with Gasteiger partial charge in [0.2, 0.25) is 0 Å². The minimum Gasteiger partial charge on any atom is -0.368 e. The van der Waals surface area contributed by atoms with E-state index in [0.29, 0.717) is 10.6 Å². The molecule has 2 rings (SSSR count). The summed E-state index contributed by atoms with van der Waals surface area (Å²) in [6.07, 6.45) is 1.19. The average Bonchev–Trinajstić information content (AvgIpc) is 2.26. The van der Waals surface area contributed by atoms with Gasteiger partial charge < -0.3 is 5.32 Å². The van der Waals surface area contributed by atoms with Gasteiger partial charge in [-0.05, 0) is 18.2 Å². The quantitative estimate of drug-likeness (QED) is 0.822. The Kier molecular flexibility index (Phi) is 2.82. The molecule has 4 nitrogen and oxygen atoms in total. The fraction of sp³-hybridized carbons (Fsp3) is 0.300. The summed E-state index contributed by atoms with van der Waals surface area (Å²) in [5.41, 5.74) is 0.829. The lowest BCUT2D eigenvalue weighted by Crippen LogP contribution is -2.23. The number of rotatable bonds is 1. The van der Waals surface area contributed by atoms with Crippen molar-refractivity contribution in [3.8, 4) is 6.07 Å². The number of benzene rings is 1. The minimum atomic E-state index is -3.16. The van der Waals surface area contributed by atoms with Crippen LogP contribution in [0.1, 0.15) is 0 Å². The monoisotopic (exact) mass is 254 g/mol. The molecule has 0 radical (unpaired) electrons.